The van der Waals surface area contributed by atoms with Crippen molar-refractivity contribution in [3.05, 3.63) is 84.2 Å². The zero-order valence-corrected chi connectivity index (χ0v) is 50.4. The molecule has 15 nitrogen and oxygen atoms in total. The quantitative estimate of drug-likeness (QED) is 0.0463. The molecular weight excluding hydrogens is 1060 g/mol. The van der Waals surface area contributed by atoms with Crippen LogP contribution in [-0.4, -0.2) is 105 Å². The molecule has 2 saturated heterocycles. The van der Waals surface area contributed by atoms with Crippen LogP contribution in [0.4, 0.5) is 9.59 Å². The molecule has 4 aromatic rings. The van der Waals surface area contributed by atoms with Crippen molar-refractivity contribution in [2.45, 2.75) is 157 Å². The second-order valence-electron chi connectivity index (χ2n) is 19.5. The van der Waals surface area contributed by atoms with Crippen molar-refractivity contribution in [1.82, 2.24) is 40.2 Å². The molecule has 2 aromatic carbocycles. The molecule has 0 spiro atoms. The third kappa shape index (κ3) is 15.9. The fourth-order valence-electron chi connectivity index (χ4n) is 9.47. The Bertz CT molecular complexity index is 2350. The average molecular weight is 1120 g/mol. The fourth-order valence-corrected chi connectivity index (χ4v) is 11.6. The number of alkyl halides is 1. The molecule has 4 aliphatic carbocycles. The maximum absolute atomic E-state index is 12.1. The third-order valence-corrected chi connectivity index (χ3v) is 14.3. The van der Waals surface area contributed by atoms with Crippen molar-refractivity contribution in [2.24, 2.45) is 0 Å². The number of nitrogens with zero attached hydrogens (tertiary/aromatic N) is 5. The van der Waals surface area contributed by atoms with Crippen LogP contribution in [0.1, 0.15) is 136 Å². The number of benzene rings is 2. The number of aromatic nitrogens is 6. The molecule has 0 unspecified atom stereocenters. The van der Waals surface area contributed by atoms with E-state index < -0.39 is 5.60 Å². The molecule has 2 amide bonds. The molecule has 4 heterocycles. The summed E-state index contributed by atoms with van der Waals surface area (Å²) in [6.45, 7) is 14.2. The summed E-state index contributed by atoms with van der Waals surface area (Å²) in [5.74, 6) is 1.93. The molecule has 0 atom stereocenters. The number of carbonyl (C=O) groups is 3. The Balaban J connectivity index is 0.000000228. The van der Waals surface area contributed by atoms with E-state index in [1.54, 1.807) is 71.6 Å². The van der Waals surface area contributed by atoms with Crippen LogP contribution in [0.2, 0.25) is 0 Å². The first kappa shape index (κ1) is 57.2. The number of thioether (sulfide) groups is 1. The minimum absolute atomic E-state index is 0. The summed E-state index contributed by atoms with van der Waals surface area (Å²) in [5.41, 5.74) is 14.9. The Morgan fingerprint density at radius 2 is 1.16 bits per heavy atom. The number of hydrogen-bond donors (Lipinski definition) is 3. The number of aryl methyl sites for hydroxylation is 4. The number of fused-ring (bicyclic) bond motifs is 4. The monoisotopic (exact) mass is 1120 g/mol. The average Bonchev–Trinajstić information content (AvgIpc) is 4.07. The Kier molecular flexibility index (Phi) is 22.0. The molecule has 2 aliphatic heterocycles. The van der Waals surface area contributed by atoms with Crippen molar-refractivity contribution in [3.63, 3.8) is 0 Å². The van der Waals surface area contributed by atoms with Crippen molar-refractivity contribution in [3.8, 4) is 0 Å². The number of likely N-dealkylation sites (tertiary alicyclic amines) is 2. The largest absolute Gasteiger partial charge is 1.00 e. The Morgan fingerprint density at radius 3 is 1.54 bits per heavy atom. The number of nitrogens with one attached hydrogen (secondary N) is 3. The smallest absolute Gasteiger partial charge is 1.00 e. The topological polar surface area (TPSA) is 194 Å². The maximum Gasteiger partial charge on any atom is 1.00 e. The van der Waals surface area contributed by atoms with Gasteiger partial charge in [-0.2, -0.15) is 0 Å². The molecule has 67 heavy (non-hydrogen) atoms. The van der Waals surface area contributed by atoms with Crippen molar-refractivity contribution >= 4 is 65.2 Å². The normalized spacial score (nSPS) is 16.6. The molecule has 0 saturated carbocycles. The summed E-state index contributed by atoms with van der Waals surface area (Å²) in [5, 5.41) is 23.1. The van der Waals surface area contributed by atoms with E-state index in [2.05, 4.69) is 65.0 Å². The first-order valence-electron chi connectivity index (χ1n) is 22.8. The van der Waals surface area contributed by atoms with Crippen LogP contribution in [0.25, 0.3) is 0 Å². The number of ether oxygens (including phenoxy) is 2. The summed E-state index contributed by atoms with van der Waals surface area (Å²) >= 11 is 9.03. The van der Waals surface area contributed by atoms with E-state index in [-0.39, 0.29) is 128 Å². The minimum atomic E-state index is -0.453. The summed E-state index contributed by atoms with van der Waals surface area (Å²) < 4.78 is 11.8. The zero-order chi connectivity index (χ0) is 46.5. The number of halogens is 1. The van der Waals surface area contributed by atoms with Gasteiger partial charge in [0.15, 0.2) is 0 Å². The first-order chi connectivity index (χ1) is 31.0. The van der Waals surface area contributed by atoms with Gasteiger partial charge in [-0.05, 0) is 186 Å². The number of amides is 2. The molecule has 20 heteroatoms. The molecule has 3 N–H and O–H groups in total. The maximum atomic E-state index is 12.1. The van der Waals surface area contributed by atoms with Crippen molar-refractivity contribution in [1.29, 1.82) is 0 Å². The molecule has 10 rings (SSSR count). The van der Waals surface area contributed by atoms with Gasteiger partial charge in [-0.25, -0.2) is 19.6 Å². The standard InChI is InChI=1S/C23H30N4O2S.C15H17N3S.C8H14INO2.CH2O3.2K.H/c1-23(2,3)29-22(28)27-12-16(13-27)30-21-24-20(25-26-21)11-19-17-8-4-6-14(17)10-15-7-5-9-18(15)19;19-15-16-14(17-18-15)8-13-11-5-1-3-9(11)7-10-4-2-6-12(10)13;1-8(2,3)12-7(11)10-4-6(9)5-10;2-1-4-3;;;/h10,16H,4-9,11-13H2,1-3H3,(H,24,25,26);7H,1-6,8H2,(H2,16,17,18,19);6H,4-5H2,1-3H3;1,3H;;;/q;;;;2*+1;-1/p-1. The molecule has 6 aliphatic rings. The second-order valence-corrected chi connectivity index (χ2v) is 22.9. The Morgan fingerprint density at radius 1 is 0.746 bits per heavy atom. The van der Waals surface area contributed by atoms with Gasteiger partial charge in [0.2, 0.25) is 9.93 Å². The van der Waals surface area contributed by atoms with Gasteiger partial charge in [0.1, 0.15) is 22.9 Å². The van der Waals surface area contributed by atoms with Gasteiger partial charge >= 0.3 is 115 Å². The van der Waals surface area contributed by atoms with Gasteiger partial charge in [-0.1, -0.05) is 46.5 Å². The van der Waals surface area contributed by atoms with Crippen LogP contribution in [0.3, 0.4) is 0 Å². The number of H-pyrrole nitrogens is 3. The predicted octanol–water partition coefficient (Wildman–Crippen LogP) is 1.72. The van der Waals surface area contributed by atoms with E-state index in [0.29, 0.717) is 27.0 Å². The molecule has 2 aromatic heterocycles. The van der Waals surface area contributed by atoms with Gasteiger partial charge in [0.05, 0.1) is 0 Å². The van der Waals surface area contributed by atoms with Crippen LogP contribution in [0, 0.1) is 4.77 Å². The van der Waals surface area contributed by atoms with E-state index in [9.17, 15) is 9.59 Å². The second kappa shape index (κ2) is 25.8. The molecule has 0 radical (unpaired) electrons. The SMILES string of the molecule is CC(C)(C)OC(=O)N1CC(I)C1.CC(C)(C)OC(=O)N1CC(Sc2n[nH]c(Cc3c4c(cc5c3CCC5)CCC4)n2)C1.O=CO[O-].S=c1nc(Cc2c3c(cc4c2CCC4)CCC3)[nH][nH]1.[H-].[K+].[K+]. The molecule has 0 bridgehead atoms. The van der Waals surface area contributed by atoms with Crippen molar-refractivity contribution in [2.75, 3.05) is 26.2 Å². The van der Waals surface area contributed by atoms with Crippen LogP contribution >= 0.6 is 46.6 Å². The fraction of sp³-hybridized carbons (Fsp3) is 0.596. The van der Waals surface area contributed by atoms with Gasteiger partial charge in [0.25, 0.3) is 6.47 Å². The predicted molar refractivity (Wildman–Crippen MR) is 258 cm³/mol. The third-order valence-electron chi connectivity index (χ3n) is 12.2. The van der Waals surface area contributed by atoms with E-state index in [0.717, 1.165) is 42.7 Å². The van der Waals surface area contributed by atoms with Crippen LogP contribution in [-0.2, 0) is 83.4 Å². The van der Waals surface area contributed by atoms with Gasteiger partial charge in [-0.3, -0.25) is 20.1 Å². The number of hydrogen-bond acceptors (Lipinski definition) is 12. The van der Waals surface area contributed by atoms with Crippen LogP contribution in [0.5, 0.6) is 0 Å². The molecular formula is C47H63IK2N8O7S2. The summed E-state index contributed by atoms with van der Waals surface area (Å²) in [7, 11) is 0. The van der Waals surface area contributed by atoms with Crippen LogP contribution in [0.15, 0.2) is 17.3 Å². The summed E-state index contributed by atoms with van der Waals surface area (Å²) in [6.07, 6.45) is 16.4. The van der Waals surface area contributed by atoms with Gasteiger partial charge in [0, 0.05) is 48.2 Å². The van der Waals surface area contributed by atoms with Gasteiger partial charge < -0.3 is 30.8 Å². The Labute approximate surface area is 503 Å². The summed E-state index contributed by atoms with van der Waals surface area (Å²) in [6, 6.07) is 4.95. The minimum Gasteiger partial charge on any atom is -1.00 e. The number of aromatic amines is 3. The van der Waals surface area contributed by atoms with E-state index in [1.165, 1.54) is 82.6 Å². The van der Waals surface area contributed by atoms with E-state index in [4.69, 9.17) is 36.7 Å². The van der Waals surface area contributed by atoms with Gasteiger partial charge in [-0.15, -0.1) is 5.10 Å². The number of rotatable bonds is 7. The van der Waals surface area contributed by atoms with Crippen molar-refractivity contribution < 1.29 is 138 Å². The zero-order valence-electron chi connectivity index (χ0n) is 41.4. The molecule has 2 fully saturated rings. The van der Waals surface area contributed by atoms with Crippen LogP contribution < -0.4 is 108 Å². The molecule has 354 valence electrons. The number of carbonyl (C=O) groups excluding carboxylic acids is 3. The Hall–Kier alpha value is -0.737. The first-order valence-corrected chi connectivity index (χ1v) is 25.3. The summed E-state index contributed by atoms with van der Waals surface area (Å²) in [4.78, 5) is 47.2. The van der Waals surface area contributed by atoms with E-state index >= 15 is 0 Å². The van der Waals surface area contributed by atoms with E-state index in [1.807, 2.05) is 41.5 Å².